The van der Waals surface area contributed by atoms with Crippen molar-refractivity contribution in [1.29, 1.82) is 0 Å². The summed E-state index contributed by atoms with van der Waals surface area (Å²) in [6.45, 7) is 7.08. The van der Waals surface area contributed by atoms with Crippen LogP contribution in [0.5, 0.6) is 0 Å². The molecule has 1 rings (SSSR count). The van der Waals surface area contributed by atoms with Crippen LogP contribution in [0.15, 0.2) is 12.4 Å². The number of aromatic nitrogens is 1. The minimum atomic E-state index is 0.376. The SMILES string of the molecule is CCCCCCC(C)(CCCCC)c1cn(C)cc1I. The summed E-state index contributed by atoms with van der Waals surface area (Å²) in [5.74, 6) is 0. The van der Waals surface area contributed by atoms with E-state index in [4.69, 9.17) is 0 Å². The number of nitrogens with zero attached hydrogens (tertiary/aromatic N) is 1. The summed E-state index contributed by atoms with van der Waals surface area (Å²) in [5, 5.41) is 0. The summed E-state index contributed by atoms with van der Waals surface area (Å²) in [6, 6.07) is 0. The van der Waals surface area contributed by atoms with E-state index in [-0.39, 0.29) is 0 Å². The van der Waals surface area contributed by atoms with Crippen LogP contribution in [-0.2, 0) is 12.5 Å². The lowest BCUT2D eigenvalue weighted by molar-refractivity contribution is 0.364. The molecule has 0 N–H and O–H groups in total. The average molecular weight is 389 g/mol. The van der Waals surface area contributed by atoms with Gasteiger partial charge < -0.3 is 4.57 Å². The smallest absolute Gasteiger partial charge is 0.0344 e. The van der Waals surface area contributed by atoms with E-state index in [1.165, 1.54) is 61.4 Å². The van der Waals surface area contributed by atoms with Gasteiger partial charge in [0.05, 0.1) is 0 Å². The highest BCUT2D eigenvalue weighted by atomic mass is 127. The van der Waals surface area contributed by atoms with E-state index in [9.17, 15) is 0 Å². The van der Waals surface area contributed by atoms with Crippen molar-refractivity contribution in [2.75, 3.05) is 0 Å². The van der Waals surface area contributed by atoms with E-state index < -0.39 is 0 Å². The average Bonchev–Trinajstić information content (AvgIpc) is 2.75. The van der Waals surface area contributed by atoms with Crippen LogP contribution in [0.4, 0.5) is 0 Å². The lowest BCUT2D eigenvalue weighted by Gasteiger charge is -2.30. The van der Waals surface area contributed by atoms with Gasteiger partial charge in [-0.1, -0.05) is 65.7 Å². The Morgan fingerprint density at radius 3 is 2.00 bits per heavy atom. The number of rotatable bonds is 10. The van der Waals surface area contributed by atoms with Gasteiger partial charge in [-0.3, -0.25) is 0 Å². The first-order valence-corrected chi connectivity index (χ1v) is 9.43. The number of aryl methyl sites for hydroxylation is 1. The van der Waals surface area contributed by atoms with Crippen molar-refractivity contribution in [1.82, 2.24) is 4.57 Å². The molecule has 0 bridgehead atoms. The molecule has 1 aromatic rings. The second kappa shape index (κ2) is 9.11. The summed E-state index contributed by atoms with van der Waals surface area (Å²) >= 11 is 2.52. The molecule has 1 unspecified atom stereocenters. The maximum Gasteiger partial charge on any atom is 0.0344 e. The summed E-state index contributed by atoms with van der Waals surface area (Å²) < 4.78 is 3.67. The number of unbranched alkanes of at least 4 members (excludes halogenated alkanes) is 5. The Bertz CT molecular complexity index is 383. The third kappa shape index (κ3) is 5.42. The minimum Gasteiger partial charge on any atom is -0.356 e. The van der Waals surface area contributed by atoms with Crippen LogP contribution >= 0.6 is 22.6 Å². The number of hydrogen-bond donors (Lipinski definition) is 0. The quantitative estimate of drug-likeness (QED) is 0.321. The molecule has 1 heterocycles. The van der Waals surface area contributed by atoms with Gasteiger partial charge in [0.1, 0.15) is 0 Å². The van der Waals surface area contributed by atoms with Gasteiger partial charge in [0.25, 0.3) is 0 Å². The van der Waals surface area contributed by atoms with Crippen molar-refractivity contribution in [2.24, 2.45) is 7.05 Å². The monoisotopic (exact) mass is 389 g/mol. The van der Waals surface area contributed by atoms with Crippen LogP contribution in [0.25, 0.3) is 0 Å². The lowest BCUT2D eigenvalue weighted by atomic mass is 9.75. The molecule has 0 aliphatic heterocycles. The van der Waals surface area contributed by atoms with E-state index >= 15 is 0 Å². The van der Waals surface area contributed by atoms with Gasteiger partial charge in [-0.2, -0.15) is 0 Å². The van der Waals surface area contributed by atoms with Crippen molar-refractivity contribution in [3.8, 4) is 0 Å². The highest BCUT2D eigenvalue weighted by molar-refractivity contribution is 14.1. The zero-order valence-electron chi connectivity index (χ0n) is 13.8. The number of halogens is 1. The molecule has 0 spiro atoms. The Labute approximate surface area is 139 Å². The highest BCUT2D eigenvalue weighted by Gasteiger charge is 2.28. The molecular formula is C18H32IN. The fourth-order valence-electron chi connectivity index (χ4n) is 3.10. The van der Waals surface area contributed by atoms with Crippen LogP contribution in [0.3, 0.4) is 0 Å². The van der Waals surface area contributed by atoms with E-state index in [1.54, 1.807) is 5.56 Å². The largest absolute Gasteiger partial charge is 0.356 e. The molecule has 2 heteroatoms. The Morgan fingerprint density at radius 2 is 1.50 bits per heavy atom. The molecule has 116 valence electrons. The Balaban J connectivity index is 2.74. The first-order valence-electron chi connectivity index (χ1n) is 8.35. The fourth-order valence-corrected chi connectivity index (χ4v) is 4.33. The Hall–Kier alpha value is 0.01000. The van der Waals surface area contributed by atoms with Crippen LogP contribution in [0.1, 0.15) is 84.1 Å². The zero-order chi connectivity index (χ0) is 15.0. The molecular weight excluding hydrogens is 357 g/mol. The molecule has 1 nitrogen and oxygen atoms in total. The van der Waals surface area contributed by atoms with Crippen LogP contribution in [0, 0.1) is 3.57 Å². The van der Waals surface area contributed by atoms with Crippen molar-refractivity contribution < 1.29 is 0 Å². The van der Waals surface area contributed by atoms with Gasteiger partial charge in [0.2, 0.25) is 0 Å². The Morgan fingerprint density at radius 1 is 0.950 bits per heavy atom. The zero-order valence-corrected chi connectivity index (χ0v) is 16.0. The lowest BCUT2D eigenvalue weighted by Crippen LogP contribution is -2.22. The topological polar surface area (TPSA) is 4.93 Å². The maximum atomic E-state index is 2.52. The van der Waals surface area contributed by atoms with Crippen LogP contribution in [0.2, 0.25) is 0 Å². The normalized spacial score (nSPS) is 14.4. The summed E-state index contributed by atoms with van der Waals surface area (Å²) in [6.07, 6.45) is 16.8. The van der Waals surface area contributed by atoms with E-state index in [0.717, 1.165) is 0 Å². The van der Waals surface area contributed by atoms with Crippen LogP contribution < -0.4 is 0 Å². The first kappa shape index (κ1) is 18.1. The van der Waals surface area contributed by atoms with Crippen molar-refractivity contribution in [3.63, 3.8) is 0 Å². The molecule has 0 fully saturated rings. The first-order chi connectivity index (χ1) is 9.53. The minimum absolute atomic E-state index is 0.376. The van der Waals surface area contributed by atoms with Gasteiger partial charge in [0.15, 0.2) is 0 Å². The number of hydrogen-bond acceptors (Lipinski definition) is 0. The Kier molecular flexibility index (Phi) is 8.23. The predicted octanol–water partition coefficient (Wildman–Crippen LogP) is 6.44. The molecule has 0 aliphatic carbocycles. The van der Waals surface area contributed by atoms with E-state index in [1.807, 2.05) is 0 Å². The standard InChI is InChI=1S/C18H32IN/c1-5-7-9-11-13-18(3,12-10-8-6-2)16-14-20(4)15-17(16)19/h14-15H,5-13H2,1-4H3. The maximum absolute atomic E-state index is 2.52. The van der Waals surface area contributed by atoms with Crippen LogP contribution in [-0.4, -0.2) is 4.57 Å². The van der Waals surface area contributed by atoms with Gasteiger partial charge in [0, 0.05) is 23.0 Å². The van der Waals surface area contributed by atoms with Gasteiger partial charge in [-0.15, -0.1) is 0 Å². The summed E-state index contributed by atoms with van der Waals surface area (Å²) in [7, 11) is 2.15. The van der Waals surface area contributed by atoms with E-state index in [0.29, 0.717) is 5.41 Å². The summed E-state index contributed by atoms with van der Waals surface area (Å²) in [4.78, 5) is 0. The second-order valence-corrected chi connectivity index (χ2v) is 7.68. The molecule has 1 aromatic heterocycles. The molecule has 0 saturated carbocycles. The molecule has 0 aliphatic rings. The second-order valence-electron chi connectivity index (χ2n) is 6.51. The van der Waals surface area contributed by atoms with E-state index in [2.05, 4.69) is 67.4 Å². The molecule has 0 amide bonds. The molecule has 20 heavy (non-hydrogen) atoms. The third-order valence-corrected chi connectivity index (χ3v) is 5.33. The van der Waals surface area contributed by atoms with Crippen molar-refractivity contribution in [3.05, 3.63) is 21.5 Å². The highest BCUT2D eigenvalue weighted by Crippen LogP contribution is 2.38. The third-order valence-electron chi connectivity index (χ3n) is 4.47. The van der Waals surface area contributed by atoms with Gasteiger partial charge in [-0.25, -0.2) is 0 Å². The van der Waals surface area contributed by atoms with Crippen molar-refractivity contribution >= 4 is 22.6 Å². The van der Waals surface area contributed by atoms with Crippen molar-refractivity contribution in [2.45, 2.75) is 84.0 Å². The van der Waals surface area contributed by atoms with Gasteiger partial charge >= 0.3 is 0 Å². The summed E-state index contributed by atoms with van der Waals surface area (Å²) in [5.41, 5.74) is 1.95. The predicted molar refractivity (Wildman–Crippen MR) is 98.4 cm³/mol. The molecule has 0 radical (unpaired) electrons. The molecule has 1 atom stereocenters. The van der Waals surface area contributed by atoms with Gasteiger partial charge in [-0.05, 0) is 46.4 Å². The fraction of sp³-hybridized carbons (Fsp3) is 0.778. The molecule has 0 aromatic carbocycles. The molecule has 0 saturated heterocycles.